The van der Waals surface area contributed by atoms with Gasteiger partial charge in [0.25, 0.3) is 0 Å². The summed E-state index contributed by atoms with van der Waals surface area (Å²) in [5.74, 6) is 0. The molecule has 0 spiro atoms. The van der Waals surface area contributed by atoms with Crippen molar-refractivity contribution >= 4 is 10.0 Å². The predicted molar refractivity (Wildman–Crippen MR) is 54.7 cm³/mol. The van der Waals surface area contributed by atoms with E-state index in [2.05, 4.69) is 10.0 Å². The van der Waals surface area contributed by atoms with Crippen LogP contribution in [0.15, 0.2) is 0 Å². The first-order chi connectivity index (χ1) is 6.58. The molecule has 0 radical (unpaired) electrons. The van der Waals surface area contributed by atoms with Crippen LogP contribution in [-0.2, 0) is 14.8 Å². The van der Waals surface area contributed by atoms with Crippen molar-refractivity contribution < 1.29 is 13.2 Å². The molecule has 14 heavy (non-hydrogen) atoms. The molecule has 0 bridgehead atoms. The first-order valence-electron chi connectivity index (χ1n) is 4.84. The maximum Gasteiger partial charge on any atom is 0.208 e. The largest absolute Gasteiger partial charge is 0.380 e. The van der Waals surface area contributed by atoms with Crippen LogP contribution < -0.4 is 10.0 Å². The minimum absolute atomic E-state index is 0.452. The van der Waals surface area contributed by atoms with Gasteiger partial charge in [-0.05, 0) is 19.4 Å². The minimum Gasteiger partial charge on any atom is -0.380 e. The van der Waals surface area contributed by atoms with Crippen LogP contribution in [0.4, 0.5) is 0 Å². The van der Waals surface area contributed by atoms with Gasteiger partial charge in [-0.3, -0.25) is 0 Å². The molecule has 1 unspecified atom stereocenters. The van der Waals surface area contributed by atoms with Gasteiger partial charge < -0.3 is 10.1 Å². The Morgan fingerprint density at radius 1 is 1.43 bits per heavy atom. The van der Waals surface area contributed by atoms with Gasteiger partial charge in [-0.2, -0.15) is 0 Å². The average molecular weight is 222 g/mol. The van der Waals surface area contributed by atoms with Crippen molar-refractivity contribution in [1.29, 1.82) is 0 Å². The van der Waals surface area contributed by atoms with E-state index in [0.717, 1.165) is 32.6 Å². The topological polar surface area (TPSA) is 67.4 Å². The Hall–Kier alpha value is -0.170. The third-order valence-corrected chi connectivity index (χ3v) is 2.81. The second kappa shape index (κ2) is 5.65. The summed E-state index contributed by atoms with van der Waals surface area (Å²) < 4.78 is 29.0. The van der Waals surface area contributed by atoms with E-state index < -0.39 is 10.0 Å². The zero-order valence-corrected chi connectivity index (χ0v) is 9.27. The van der Waals surface area contributed by atoms with Crippen molar-refractivity contribution in [3.05, 3.63) is 0 Å². The van der Waals surface area contributed by atoms with E-state index in [9.17, 15) is 8.42 Å². The molecule has 0 aromatic rings. The molecule has 1 atom stereocenters. The van der Waals surface area contributed by atoms with Gasteiger partial charge in [0.2, 0.25) is 10.0 Å². The standard InChI is InChI=1S/C8H18N2O3S/c1-14(11,12)10-5-2-4-9-8-3-6-13-7-8/h8-10H,2-7H2,1H3. The summed E-state index contributed by atoms with van der Waals surface area (Å²) in [6.45, 7) is 2.94. The summed E-state index contributed by atoms with van der Waals surface area (Å²) in [6, 6.07) is 0.452. The van der Waals surface area contributed by atoms with Crippen LogP contribution in [0.2, 0.25) is 0 Å². The fourth-order valence-corrected chi connectivity index (χ4v) is 1.86. The molecule has 1 heterocycles. The molecule has 84 valence electrons. The van der Waals surface area contributed by atoms with Crippen molar-refractivity contribution in [2.45, 2.75) is 18.9 Å². The second-order valence-corrected chi connectivity index (χ2v) is 5.37. The van der Waals surface area contributed by atoms with Gasteiger partial charge in [-0.1, -0.05) is 0 Å². The molecule has 0 amide bonds. The second-order valence-electron chi connectivity index (χ2n) is 3.53. The highest BCUT2D eigenvalue weighted by molar-refractivity contribution is 7.88. The van der Waals surface area contributed by atoms with Crippen LogP contribution in [0.3, 0.4) is 0 Å². The summed E-state index contributed by atoms with van der Waals surface area (Å²) in [4.78, 5) is 0. The summed E-state index contributed by atoms with van der Waals surface area (Å²) in [5.41, 5.74) is 0. The van der Waals surface area contributed by atoms with Gasteiger partial charge in [0.1, 0.15) is 0 Å². The van der Waals surface area contributed by atoms with E-state index in [4.69, 9.17) is 4.74 Å². The Labute approximate surface area is 85.3 Å². The lowest BCUT2D eigenvalue weighted by molar-refractivity contribution is 0.190. The third-order valence-electron chi connectivity index (χ3n) is 2.08. The number of rotatable bonds is 6. The number of nitrogens with one attached hydrogen (secondary N) is 2. The summed E-state index contributed by atoms with van der Waals surface area (Å²) in [7, 11) is -3.03. The first-order valence-corrected chi connectivity index (χ1v) is 6.73. The van der Waals surface area contributed by atoms with Crippen molar-refractivity contribution in [2.75, 3.05) is 32.6 Å². The zero-order chi connectivity index (χ0) is 10.4. The van der Waals surface area contributed by atoms with Gasteiger partial charge >= 0.3 is 0 Å². The molecule has 0 aliphatic carbocycles. The molecule has 5 nitrogen and oxygen atoms in total. The Kier molecular flexibility index (Phi) is 4.80. The van der Waals surface area contributed by atoms with Crippen LogP contribution in [0, 0.1) is 0 Å². The molecule has 1 saturated heterocycles. The molecule has 1 rings (SSSR count). The Bertz CT molecular complexity index is 247. The highest BCUT2D eigenvalue weighted by Crippen LogP contribution is 2.02. The monoisotopic (exact) mass is 222 g/mol. The third kappa shape index (κ3) is 5.54. The zero-order valence-electron chi connectivity index (χ0n) is 8.45. The molecular formula is C8H18N2O3S. The highest BCUT2D eigenvalue weighted by atomic mass is 32.2. The van der Waals surface area contributed by atoms with Crippen molar-refractivity contribution in [1.82, 2.24) is 10.0 Å². The molecule has 0 aromatic heterocycles. The smallest absolute Gasteiger partial charge is 0.208 e. The number of ether oxygens (including phenoxy) is 1. The van der Waals surface area contributed by atoms with Crippen molar-refractivity contribution in [3.63, 3.8) is 0 Å². The number of hydrogen-bond acceptors (Lipinski definition) is 4. The molecule has 1 aliphatic rings. The number of sulfonamides is 1. The van der Waals surface area contributed by atoms with E-state index >= 15 is 0 Å². The molecule has 0 aromatic carbocycles. The van der Waals surface area contributed by atoms with Gasteiger partial charge in [-0.15, -0.1) is 0 Å². The Morgan fingerprint density at radius 3 is 2.79 bits per heavy atom. The quantitative estimate of drug-likeness (QED) is 0.583. The predicted octanol–water partition coefficient (Wildman–Crippen LogP) is -0.696. The molecule has 0 saturated carbocycles. The van der Waals surface area contributed by atoms with Gasteiger partial charge in [0, 0.05) is 19.2 Å². The first kappa shape index (κ1) is 11.9. The Morgan fingerprint density at radius 2 is 2.21 bits per heavy atom. The van der Waals surface area contributed by atoms with Crippen molar-refractivity contribution in [3.8, 4) is 0 Å². The SMILES string of the molecule is CS(=O)(=O)NCCCNC1CCOC1. The fraction of sp³-hybridized carbons (Fsp3) is 1.00. The molecule has 1 aliphatic heterocycles. The van der Waals surface area contributed by atoms with E-state index in [0.29, 0.717) is 12.6 Å². The number of hydrogen-bond donors (Lipinski definition) is 2. The Balaban J connectivity index is 1.94. The van der Waals surface area contributed by atoms with Gasteiger partial charge in [0.15, 0.2) is 0 Å². The molecular weight excluding hydrogens is 204 g/mol. The molecule has 6 heteroatoms. The van der Waals surface area contributed by atoms with Gasteiger partial charge in [0.05, 0.1) is 12.9 Å². The fourth-order valence-electron chi connectivity index (χ4n) is 1.35. The van der Waals surface area contributed by atoms with Crippen molar-refractivity contribution in [2.24, 2.45) is 0 Å². The maximum absolute atomic E-state index is 10.7. The summed E-state index contributed by atoms with van der Waals surface area (Å²) >= 11 is 0. The van der Waals surface area contributed by atoms with Crippen LogP contribution >= 0.6 is 0 Å². The molecule has 2 N–H and O–H groups in total. The van der Waals surface area contributed by atoms with E-state index in [-0.39, 0.29) is 0 Å². The van der Waals surface area contributed by atoms with Gasteiger partial charge in [-0.25, -0.2) is 13.1 Å². The highest BCUT2D eigenvalue weighted by Gasteiger charge is 2.13. The maximum atomic E-state index is 10.7. The van der Waals surface area contributed by atoms with Crippen LogP contribution in [0.1, 0.15) is 12.8 Å². The van der Waals surface area contributed by atoms with E-state index in [1.165, 1.54) is 6.26 Å². The minimum atomic E-state index is -3.03. The summed E-state index contributed by atoms with van der Waals surface area (Å²) in [5, 5.41) is 3.31. The lowest BCUT2D eigenvalue weighted by Gasteiger charge is -2.09. The van der Waals surface area contributed by atoms with Crippen LogP contribution in [-0.4, -0.2) is 47.0 Å². The molecule has 1 fully saturated rings. The lowest BCUT2D eigenvalue weighted by atomic mass is 10.2. The average Bonchev–Trinajstić information content (AvgIpc) is 2.54. The van der Waals surface area contributed by atoms with Crippen LogP contribution in [0.25, 0.3) is 0 Å². The van der Waals surface area contributed by atoms with E-state index in [1.54, 1.807) is 0 Å². The lowest BCUT2D eigenvalue weighted by Crippen LogP contribution is -2.32. The van der Waals surface area contributed by atoms with Crippen LogP contribution in [0.5, 0.6) is 0 Å². The van der Waals surface area contributed by atoms with E-state index in [1.807, 2.05) is 0 Å². The summed E-state index contributed by atoms with van der Waals surface area (Å²) in [6.07, 6.45) is 3.04. The normalized spacial score (nSPS) is 22.8.